The minimum atomic E-state index is -2.02. The molecule has 16 nitrogen and oxygen atoms in total. The summed E-state index contributed by atoms with van der Waals surface area (Å²) in [5.41, 5.74) is -2.35. The van der Waals surface area contributed by atoms with Gasteiger partial charge in [0.1, 0.15) is 48.5 Å². The average molecular weight is 827 g/mol. The normalized spacial score (nSPS) is 55.7. The van der Waals surface area contributed by atoms with Gasteiger partial charge in [-0.3, -0.25) is 4.79 Å². The third-order valence-corrected chi connectivity index (χ3v) is 17.4. The fourth-order valence-corrected chi connectivity index (χ4v) is 13.6. The molecule has 7 aliphatic rings. The van der Waals surface area contributed by atoms with Crippen molar-refractivity contribution in [2.75, 3.05) is 19.8 Å². The standard InChI is InChI=1S/C42H66O16/c1-37(17-44)14-20-19-13-21(46)33-39(3)9-8-25(40(4,18-45)23(39)7-10-42(33,6)41(19,5)12-11-38(20,2)24(47)15-37)56-36-32(29(51)28(50)31(57-36)34(53)54)58-35-30(52)27(49)26(48)22(16-43)55-35/h13,20-23,25-33,35-36,43-46,48-52H,7-12,14-18H2,1-6H3,(H,53,54). The van der Waals surface area contributed by atoms with Crippen LogP contribution in [0.15, 0.2) is 11.6 Å². The fraction of sp³-hybridized carbons (Fsp3) is 0.905. The van der Waals surface area contributed by atoms with Gasteiger partial charge in [0.2, 0.25) is 0 Å². The van der Waals surface area contributed by atoms with Gasteiger partial charge in [0.25, 0.3) is 0 Å². The molecule has 2 saturated heterocycles. The van der Waals surface area contributed by atoms with Crippen LogP contribution in [0.2, 0.25) is 0 Å². The summed E-state index contributed by atoms with van der Waals surface area (Å²) in [6, 6.07) is 0. The third kappa shape index (κ3) is 6.33. The highest BCUT2D eigenvalue weighted by atomic mass is 16.8. The zero-order chi connectivity index (χ0) is 42.7. The van der Waals surface area contributed by atoms with E-state index in [1.807, 2.05) is 19.9 Å². The molecule has 4 saturated carbocycles. The fourth-order valence-electron chi connectivity index (χ4n) is 13.6. The highest BCUT2D eigenvalue weighted by Crippen LogP contribution is 2.75. The van der Waals surface area contributed by atoms with Gasteiger partial charge in [-0.05, 0) is 78.4 Å². The molecule has 5 aliphatic carbocycles. The van der Waals surface area contributed by atoms with E-state index in [2.05, 4.69) is 27.7 Å². The Hall–Kier alpha value is -1.64. The third-order valence-electron chi connectivity index (χ3n) is 17.4. The van der Waals surface area contributed by atoms with Crippen molar-refractivity contribution in [3.63, 3.8) is 0 Å². The number of carbonyl (C=O) groups is 2. The lowest BCUT2D eigenvalue weighted by Gasteiger charge is -2.72. The maximum Gasteiger partial charge on any atom is 0.335 e. The van der Waals surface area contributed by atoms with Gasteiger partial charge in [0.05, 0.1) is 25.4 Å². The molecule has 330 valence electrons. The highest BCUT2D eigenvalue weighted by molar-refractivity contribution is 5.87. The molecular weight excluding hydrogens is 760 g/mol. The van der Waals surface area contributed by atoms with Crippen LogP contribution < -0.4 is 0 Å². The molecule has 10 N–H and O–H groups in total. The smallest absolute Gasteiger partial charge is 0.335 e. The highest BCUT2D eigenvalue weighted by Gasteiger charge is 2.71. The molecule has 0 amide bonds. The molecule has 21 unspecified atom stereocenters. The van der Waals surface area contributed by atoms with Gasteiger partial charge in [0.15, 0.2) is 18.7 Å². The van der Waals surface area contributed by atoms with Crippen LogP contribution in [0.25, 0.3) is 0 Å². The van der Waals surface area contributed by atoms with Crippen LogP contribution in [-0.2, 0) is 28.5 Å². The van der Waals surface area contributed by atoms with E-state index >= 15 is 0 Å². The SMILES string of the molecule is CC1(CO)CC(=O)C2(C)CCC3(C)C(=CC(O)C4C5(C)CCC(OC6OC(C(=O)O)C(O)C(O)C6OC6OC(CO)C(O)C(O)C6O)C(C)(CO)C5CCC43C)C2C1. The first-order chi connectivity index (χ1) is 27.0. The lowest BCUT2D eigenvalue weighted by Crippen LogP contribution is -2.69. The summed E-state index contributed by atoms with van der Waals surface area (Å²) in [6.45, 7) is 11.4. The maximum atomic E-state index is 13.8. The van der Waals surface area contributed by atoms with Crippen LogP contribution >= 0.6 is 0 Å². The van der Waals surface area contributed by atoms with Crippen LogP contribution in [0.3, 0.4) is 0 Å². The second-order valence-corrected chi connectivity index (χ2v) is 20.5. The van der Waals surface area contributed by atoms with Crippen molar-refractivity contribution < 1.29 is 79.6 Å². The van der Waals surface area contributed by atoms with Crippen molar-refractivity contribution in [1.29, 1.82) is 0 Å². The van der Waals surface area contributed by atoms with Gasteiger partial charge < -0.3 is 70.0 Å². The van der Waals surface area contributed by atoms with Gasteiger partial charge in [-0.25, -0.2) is 4.79 Å². The van der Waals surface area contributed by atoms with E-state index in [0.29, 0.717) is 44.9 Å². The van der Waals surface area contributed by atoms with Crippen LogP contribution in [0, 0.1) is 50.2 Å². The van der Waals surface area contributed by atoms with Crippen LogP contribution in [0.1, 0.15) is 92.9 Å². The zero-order valence-electron chi connectivity index (χ0n) is 34.4. The lowest BCUT2D eigenvalue weighted by atomic mass is 9.33. The van der Waals surface area contributed by atoms with Crippen molar-refractivity contribution in [1.82, 2.24) is 0 Å². The number of aliphatic hydroxyl groups excluding tert-OH is 9. The number of rotatable bonds is 8. The number of carboxylic acids is 1. The topological polar surface area (TPSA) is 273 Å². The van der Waals surface area contributed by atoms with Crippen molar-refractivity contribution in [2.24, 2.45) is 50.2 Å². The number of hydrogen-bond donors (Lipinski definition) is 10. The Bertz CT molecular complexity index is 1620. The second kappa shape index (κ2) is 15.0. The van der Waals surface area contributed by atoms with Gasteiger partial charge in [-0.15, -0.1) is 0 Å². The summed E-state index contributed by atoms with van der Waals surface area (Å²) < 4.78 is 23.7. The molecule has 0 aromatic rings. The predicted molar refractivity (Wildman–Crippen MR) is 201 cm³/mol. The number of Topliss-reactive ketones (excluding diaryl/α,β-unsaturated/α-hetero) is 1. The maximum absolute atomic E-state index is 13.8. The number of hydrogen-bond acceptors (Lipinski definition) is 15. The molecule has 16 heteroatoms. The van der Waals surface area contributed by atoms with Gasteiger partial charge in [-0.1, -0.05) is 53.2 Å². The number of ketones is 1. The summed E-state index contributed by atoms with van der Waals surface area (Å²) in [4.78, 5) is 26.0. The summed E-state index contributed by atoms with van der Waals surface area (Å²) in [5, 5.41) is 107. The largest absolute Gasteiger partial charge is 0.479 e. The number of ether oxygens (including phenoxy) is 4. The molecular formula is C42H66O16. The molecule has 6 fully saturated rings. The van der Waals surface area contributed by atoms with E-state index in [1.165, 1.54) is 0 Å². The predicted octanol–water partition coefficient (Wildman–Crippen LogP) is 0.00420. The lowest BCUT2D eigenvalue weighted by molar-refractivity contribution is -0.376. The molecule has 0 spiro atoms. The number of aliphatic hydroxyl groups is 9. The molecule has 0 radical (unpaired) electrons. The summed E-state index contributed by atoms with van der Waals surface area (Å²) in [7, 11) is 0. The van der Waals surface area contributed by atoms with Gasteiger partial charge >= 0.3 is 5.97 Å². The summed E-state index contributed by atoms with van der Waals surface area (Å²) in [5.74, 6) is -2.04. The molecule has 7 rings (SSSR count). The minimum absolute atomic E-state index is 0.0937. The molecule has 0 aromatic heterocycles. The Morgan fingerprint density at radius 1 is 0.793 bits per heavy atom. The van der Waals surface area contributed by atoms with E-state index in [-0.39, 0.29) is 42.2 Å². The first kappa shape index (κ1) is 44.4. The van der Waals surface area contributed by atoms with Crippen molar-refractivity contribution in [3.05, 3.63) is 11.6 Å². The Kier molecular flexibility index (Phi) is 11.5. The molecule has 2 aliphatic heterocycles. The van der Waals surface area contributed by atoms with Gasteiger partial charge in [0, 0.05) is 29.8 Å². The Balaban J connectivity index is 1.19. The molecule has 0 aromatic carbocycles. The first-order valence-corrected chi connectivity index (χ1v) is 21.0. The number of aliphatic carboxylic acids is 1. The molecule has 21 atom stereocenters. The summed E-state index contributed by atoms with van der Waals surface area (Å²) >= 11 is 0. The Morgan fingerprint density at radius 3 is 2.10 bits per heavy atom. The minimum Gasteiger partial charge on any atom is -0.479 e. The summed E-state index contributed by atoms with van der Waals surface area (Å²) in [6.07, 6.45) is -13.0. The van der Waals surface area contributed by atoms with Crippen LogP contribution in [-0.4, -0.2) is 156 Å². The average Bonchev–Trinajstić information content (AvgIpc) is 3.17. The second-order valence-electron chi connectivity index (χ2n) is 20.5. The zero-order valence-corrected chi connectivity index (χ0v) is 34.4. The quantitative estimate of drug-likeness (QED) is 0.114. The number of carbonyl (C=O) groups excluding carboxylic acids is 1. The van der Waals surface area contributed by atoms with Gasteiger partial charge in [-0.2, -0.15) is 0 Å². The van der Waals surface area contributed by atoms with Crippen molar-refractivity contribution in [3.8, 4) is 0 Å². The monoisotopic (exact) mass is 826 g/mol. The number of fused-ring (bicyclic) bond motifs is 7. The van der Waals surface area contributed by atoms with Crippen LogP contribution in [0.5, 0.6) is 0 Å². The van der Waals surface area contributed by atoms with E-state index in [9.17, 15) is 60.7 Å². The number of carboxylic acid groups (broad SMARTS) is 1. The van der Waals surface area contributed by atoms with E-state index in [4.69, 9.17) is 18.9 Å². The molecule has 2 heterocycles. The van der Waals surface area contributed by atoms with Crippen molar-refractivity contribution >= 4 is 11.8 Å². The Morgan fingerprint density at radius 2 is 1.48 bits per heavy atom. The Labute approximate surface area is 339 Å². The van der Waals surface area contributed by atoms with Crippen molar-refractivity contribution in [2.45, 2.75) is 167 Å². The number of allylic oxidation sites excluding steroid dienone is 1. The molecule has 0 bridgehead atoms. The molecule has 58 heavy (non-hydrogen) atoms. The van der Waals surface area contributed by atoms with Crippen LogP contribution in [0.4, 0.5) is 0 Å². The first-order valence-electron chi connectivity index (χ1n) is 21.0. The van der Waals surface area contributed by atoms with E-state index in [0.717, 1.165) is 12.0 Å². The van der Waals surface area contributed by atoms with E-state index < -0.39 is 113 Å². The van der Waals surface area contributed by atoms with E-state index in [1.54, 1.807) is 0 Å².